The lowest BCUT2D eigenvalue weighted by Crippen LogP contribution is -2.45. The highest BCUT2D eigenvalue weighted by atomic mass is 79.9. The van der Waals surface area contributed by atoms with Gasteiger partial charge in [0.2, 0.25) is 0 Å². The first-order valence-corrected chi connectivity index (χ1v) is 11.5. The van der Waals surface area contributed by atoms with E-state index in [0.29, 0.717) is 15.7 Å². The number of esters is 1. The van der Waals surface area contributed by atoms with Gasteiger partial charge in [-0.2, -0.15) is 13.2 Å². The van der Waals surface area contributed by atoms with Gasteiger partial charge in [-0.25, -0.2) is 4.79 Å². The molecular weight excluding hydrogens is 567 g/mol. The molecule has 192 valence electrons. The first kappa shape index (κ1) is 27.3. The summed E-state index contributed by atoms with van der Waals surface area (Å²) in [4.78, 5) is 24.7. The summed E-state index contributed by atoms with van der Waals surface area (Å²) >= 11 is 8.65. The van der Waals surface area contributed by atoms with Gasteiger partial charge in [-0.1, -0.05) is 6.07 Å². The molecule has 13 heteroatoms. The number of methoxy groups -OCH3 is 2. The number of ether oxygens (including phenoxy) is 3. The van der Waals surface area contributed by atoms with Crippen molar-refractivity contribution in [3.8, 4) is 11.5 Å². The van der Waals surface area contributed by atoms with E-state index in [4.69, 9.17) is 21.7 Å². The molecule has 0 saturated carbocycles. The molecule has 1 aliphatic heterocycles. The highest BCUT2D eigenvalue weighted by Gasteiger charge is 2.33. The SMILES string of the molecule is COC(=O)COc1c(Br)cc([C@H]2NC(=S)NC(C)=C2C(=O)Nc2cccc(C(F)(F)F)c2)cc1OC. The Balaban J connectivity index is 1.96. The second-order valence-corrected chi connectivity index (χ2v) is 8.76. The maximum absolute atomic E-state index is 13.3. The molecule has 8 nitrogen and oxygen atoms in total. The number of alkyl halides is 3. The molecule has 0 bridgehead atoms. The predicted molar refractivity (Wildman–Crippen MR) is 133 cm³/mol. The highest BCUT2D eigenvalue weighted by molar-refractivity contribution is 9.10. The van der Waals surface area contributed by atoms with Crippen LogP contribution >= 0.6 is 28.1 Å². The van der Waals surface area contributed by atoms with Crippen molar-refractivity contribution in [3.63, 3.8) is 0 Å². The van der Waals surface area contributed by atoms with Crippen molar-refractivity contribution in [1.29, 1.82) is 0 Å². The van der Waals surface area contributed by atoms with Crippen molar-refractivity contribution < 1.29 is 37.0 Å². The third kappa shape index (κ3) is 6.26. The van der Waals surface area contributed by atoms with Crippen molar-refractivity contribution >= 4 is 50.8 Å². The smallest absolute Gasteiger partial charge is 0.416 e. The molecule has 1 atom stereocenters. The molecule has 1 aliphatic rings. The van der Waals surface area contributed by atoms with Gasteiger partial charge in [0.05, 0.1) is 35.9 Å². The van der Waals surface area contributed by atoms with Crippen molar-refractivity contribution in [3.05, 3.63) is 63.3 Å². The molecule has 1 heterocycles. The number of carbonyl (C=O) groups is 2. The number of hydrogen-bond donors (Lipinski definition) is 3. The van der Waals surface area contributed by atoms with Crippen LogP contribution in [0.4, 0.5) is 18.9 Å². The third-order valence-electron chi connectivity index (χ3n) is 5.11. The van der Waals surface area contributed by atoms with E-state index in [2.05, 4.69) is 36.6 Å². The van der Waals surface area contributed by atoms with Gasteiger partial charge in [0.25, 0.3) is 5.91 Å². The van der Waals surface area contributed by atoms with Crippen LogP contribution in [-0.4, -0.2) is 37.8 Å². The summed E-state index contributed by atoms with van der Waals surface area (Å²) in [5.74, 6) is -0.741. The fraction of sp³-hybridized carbons (Fsp3) is 0.261. The minimum absolute atomic E-state index is 0.0210. The van der Waals surface area contributed by atoms with Gasteiger partial charge < -0.3 is 30.2 Å². The van der Waals surface area contributed by atoms with E-state index < -0.39 is 29.7 Å². The van der Waals surface area contributed by atoms with Gasteiger partial charge in [-0.05, 0) is 71.0 Å². The number of hydrogen-bond acceptors (Lipinski definition) is 6. The van der Waals surface area contributed by atoms with Crippen LogP contribution in [0.2, 0.25) is 0 Å². The molecule has 0 unspecified atom stereocenters. The van der Waals surface area contributed by atoms with Gasteiger partial charge in [0.15, 0.2) is 23.2 Å². The molecule has 0 aromatic heterocycles. The Kier molecular flexibility index (Phi) is 8.46. The summed E-state index contributed by atoms with van der Waals surface area (Å²) in [6.07, 6.45) is -4.56. The summed E-state index contributed by atoms with van der Waals surface area (Å²) in [5, 5.41) is 8.64. The quantitative estimate of drug-likeness (QED) is 0.323. The zero-order valence-corrected chi connectivity index (χ0v) is 21.6. The first-order chi connectivity index (χ1) is 16.9. The number of amides is 1. The van der Waals surface area contributed by atoms with E-state index >= 15 is 0 Å². The lowest BCUT2D eigenvalue weighted by atomic mass is 9.94. The zero-order valence-electron chi connectivity index (χ0n) is 19.2. The monoisotopic (exact) mass is 587 g/mol. The fourth-order valence-corrected chi connectivity index (χ4v) is 4.30. The lowest BCUT2D eigenvalue weighted by Gasteiger charge is -2.31. The molecule has 3 N–H and O–H groups in total. The first-order valence-electron chi connectivity index (χ1n) is 10.3. The number of thiocarbonyl (C=S) groups is 1. The molecule has 2 aromatic rings. The van der Waals surface area contributed by atoms with Gasteiger partial charge >= 0.3 is 12.1 Å². The Morgan fingerprint density at radius 1 is 1.19 bits per heavy atom. The lowest BCUT2D eigenvalue weighted by molar-refractivity contribution is -0.143. The second kappa shape index (κ2) is 11.2. The zero-order chi connectivity index (χ0) is 26.6. The molecule has 3 rings (SSSR count). The van der Waals surface area contributed by atoms with Crippen LogP contribution in [0.1, 0.15) is 24.1 Å². The van der Waals surface area contributed by atoms with E-state index in [9.17, 15) is 22.8 Å². The Bertz CT molecular complexity index is 1240. The third-order valence-corrected chi connectivity index (χ3v) is 5.92. The molecule has 0 radical (unpaired) electrons. The van der Waals surface area contributed by atoms with E-state index in [1.165, 1.54) is 26.4 Å². The molecule has 36 heavy (non-hydrogen) atoms. The summed E-state index contributed by atoms with van der Waals surface area (Å²) in [5.41, 5.74) is 0.223. The van der Waals surface area contributed by atoms with Gasteiger partial charge in [-0.15, -0.1) is 0 Å². The number of rotatable bonds is 7. The Morgan fingerprint density at radius 2 is 1.92 bits per heavy atom. The normalized spacial score (nSPS) is 15.5. The molecule has 2 aromatic carbocycles. The molecular formula is C23H21BrF3N3O5S. The van der Waals surface area contributed by atoms with Crippen molar-refractivity contribution in [2.24, 2.45) is 0 Å². The topological polar surface area (TPSA) is 97.9 Å². The van der Waals surface area contributed by atoms with E-state index in [1.807, 2.05) is 0 Å². The summed E-state index contributed by atoms with van der Waals surface area (Å²) in [7, 11) is 2.63. The second-order valence-electron chi connectivity index (χ2n) is 7.50. The number of nitrogens with one attached hydrogen (secondary N) is 3. The van der Waals surface area contributed by atoms with Crippen molar-refractivity contribution in [1.82, 2.24) is 10.6 Å². The average molecular weight is 588 g/mol. The van der Waals surface area contributed by atoms with Crippen LogP contribution in [0.25, 0.3) is 0 Å². The van der Waals surface area contributed by atoms with Gasteiger partial charge in [0, 0.05) is 11.4 Å². The molecule has 0 aliphatic carbocycles. The number of carbonyl (C=O) groups excluding carboxylic acids is 2. The minimum atomic E-state index is -4.56. The molecule has 1 amide bonds. The van der Waals surface area contributed by atoms with Crippen molar-refractivity contribution in [2.75, 3.05) is 26.1 Å². The van der Waals surface area contributed by atoms with Crippen LogP contribution < -0.4 is 25.4 Å². The highest BCUT2D eigenvalue weighted by Crippen LogP contribution is 2.40. The summed E-state index contributed by atoms with van der Waals surface area (Å²) in [6, 6.07) is 6.78. The maximum Gasteiger partial charge on any atom is 0.416 e. The Morgan fingerprint density at radius 3 is 2.56 bits per heavy atom. The van der Waals surface area contributed by atoms with Crippen LogP contribution in [0.5, 0.6) is 11.5 Å². The van der Waals surface area contributed by atoms with Crippen LogP contribution in [-0.2, 0) is 20.5 Å². The van der Waals surface area contributed by atoms with Crippen LogP contribution in [0.3, 0.4) is 0 Å². The van der Waals surface area contributed by atoms with Crippen molar-refractivity contribution in [2.45, 2.75) is 19.1 Å². The molecule has 0 spiro atoms. The van der Waals surface area contributed by atoms with Gasteiger partial charge in [0.1, 0.15) is 0 Å². The number of allylic oxidation sites excluding steroid dienone is 1. The molecule has 0 saturated heterocycles. The Labute approximate surface area is 218 Å². The standard InChI is InChI=1S/C23H21BrF3N3O5S/c1-11-18(21(32)29-14-6-4-5-13(9-14)23(25,26)27)19(30-22(36)28-11)12-7-15(24)20(16(8-12)33-2)35-10-17(31)34-3/h4-9,19H,10H2,1-3H3,(H,29,32)(H2,28,30,36)/t19-/m1/s1. The number of anilines is 1. The van der Waals surface area contributed by atoms with Gasteiger partial charge in [-0.3, -0.25) is 4.79 Å². The maximum atomic E-state index is 13.3. The summed E-state index contributed by atoms with van der Waals surface area (Å²) in [6.45, 7) is 1.27. The number of halogens is 4. The van der Waals surface area contributed by atoms with E-state index in [1.54, 1.807) is 19.1 Å². The van der Waals surface area contributed by atoms with E-state index in [-0.39, 0.29) is 34.5 Å². The molecule has 0 fully saturated rings. The number of benzene rings is 2. The fourth-order valence-electron chi connectivity index (χ4n) is 3.45. The minimum Gasteiger partial charge on any atom is -0.493 e. The largest absolute Gasteiger partial charge is 0.493 e. The van der Waals surface area contributed by atoms with Crippen LogP contribution in [0.15, 0.2) is 52.1 Å². The van der Waals surface area contributed by atoms with E-state index in [0.717, 1.165) is 12.1 Å². The Hall–Kier alpha value is -3.32. The summed E-state index contributed by atoms with van der Waals surface area (Å²) < 4.78 is 55.2. The average Bonchev–Trinajstić information content (AvgIpc) is 2.81. The van der Waals surface area contributed by atoms with Crippen LogP contribution in [0, 0.1) is 0 Å². The predicted octanol–water partition coefficient (Wildman–Crippen LogP) is 4.46.